The van der Waals surface area contributed by atoms with Crippen molar-refractivity contribution in [2.75, 3.05) is 5.32 Å². The molecule has 2 aromatic heterocycles. The summed E-state index contributed by atoms with van der Waals surface area (Å²) in [6.07, 6.45) is 0. The number of ether oxygens (including phenoxy) is 1. The van der Waals surface area contributed by atoms with Crippen molar-refractivity contribution in [3.8, 4) is 17.7 Å². The van der Waals surface area contributed by atoms with E-state index in [2.05, 4.69) is 20.5 Å². The van der Waals surface area contributed by atoms with Crippen LogP contribution in [0.2, 0.25) is 5.02 Å². The number of halogens is 1. The van der Waals surface area contributed by atoms with E-state index in [1.807, 2.05) is 6.07 Å². The summed E-state index contributed by atoms with van der Waals surface area (Å²) in [4.78, 5) is 41.3. The van der Waals surface area contributed by atoms with E-state index in [0.29, 0.717) is 22.0 Å². The third-order valence-corrected chi connectivity index (χ3v) is 5.62. The molecular weight excluding hydrogens is 514 g/mol. The zero-order valence-electron chi connectivity index (χ0n) is 19.9. The molecule has 12 nitrogen and oxygen atoms in total. The highest BCUT2D eigenvalue weighted by molar-refractivity contribution is 6.30. The molecule has 0 aliphatic carbocycles. The minimum atomic E-state index is -1.14. The Kier molecular flexibility index (Phi) is 7.79. The molecule has 2 heterocycles. The summed E-state index contributed by atoms with van der Waals surface area (Å²) in [5.74, 6) is -1.52. The summed E-state index contributed by atoms with van der Waals surface area (Å²) in [5.41, 5.74) is -0.221. The van der Waals surface area contributed by atoms with Crippen LogP contribution >= 0.6 is 11.6 Å². The first-order chi connectivity index (χ1) is 18.2. The highest BCUT2D eigenvalue weighted by atomic mass is 35.5. The maximum absolute atomic E-state index is 13.3. The molecule has 192 valence electrons. The Morgan fingerprint density at radius 2 is 1.79 bits per heavy atom. The minimum Gasteiger partial charge on any atom is -0.481 e. The van der Waals surface area contributed by atoms with Gasteiger partial charge in [-0.05, 0) is 48.0 Å². The molecule has 0 spiro atoms. The Balaban J connectivity index is 1.63. The van der Waals surface area contributed by atoms with Crippen molar-refractivity contribution in [3.63, 3.8) is 0 Å². The molecule has 0 saturated carbocycles. The number of hydrogen-bond acceptors (Lipinski definition) is 9. The highest BCUT2D eigenvalue weighted by Crippen LogP contribution is 2.23. The molecule has 0 aliphatic heterocycles. The molecule has 0 saturated heterocycles. The van der Waals surface area contributed by atoms with E-state index < -0.39 is 23.3 Å². The molecule has 0 unspecified atom stereocenters. The summed E-state index contributed by atoms with van der Waals surface area (Å²) in [7, 11) is 0. The lowest BCUT2D eigenvalue weighted by atomic mass is 10.2. The van der Waals surface area contributed by atoms with Crippen LogP contribution in [-0.2, 0) is 17.9 Å². The molecule has 0 radical (unpaired) electrons. The van der Waals surface area contributed by atoms with Crippen molar-refractivity contribution in [2.45, 2.75) is 20.0 Å². The number of carboxylic acids is 1. The van der Waals surface area contributed by atoms with Crippen molar-refractivity contribution in [1.29, 1.82) is 5.26 Å². The lowest BCUT2D eigenvalue weighted by Gasteiger charge is -2.17. The van der Waals surface area contributed by atoms with E-state index in [1.54, 1.807) is 48.5 Å². The van der Waals surface area contributed by atoms with E-state index in [4.69, 9.17) is 21.6 Å². The second kappa shape index (κ2) is 11.4. The van der Waals surface area contributed by atoms with Gasteiger partial charge in [-0.25, -0.2) is 14.2 Å². The molecule has 0 bridgehead atoms. The number of nitrogens with zero attached hydrogens (tertiary/aromatic N) is 6. The predicted molar refractivity (Wildman–Crippen MR) is 137 cm³/mol. The molecule has 2 aromatic carbocycles. The average Bonchev–Trinajstić information content (AvgIpc) is 2.91. The van der Waals surface area contributed by atoms with Gasteiger partial charge in [-0.1, -0.05) is 30.7 Å². The second-order valence-electron chi connectivity index (χ2n) is 8.18. The van der Waals surface area contributed by atoms with E-state index >= 15 is 0 Å². The maximum Gasteiger partial charge on any atom is 0.354 e. The Morgan fingerprint density at radius 3 is 2.39 bits per heavy atom. The molecule has 13 heteroatoms. The Hall–Kier alpha value is -5.02. The number of carboxylic acid groups (broad SMARTS) is 1. The van der Waals surface area contributed by atoms with Gasteiger partial charge in [0, 0.05) is 23.3 Å². The molecule has 2 N–H and O–H groups in total. The summed E-state index contributed by atoms with van der Waals surface area (Å²) in [5, 5.41) is 29.1. The average molecular weight is 534 g/mol. The van der Waals surface area contributed by atoms with E-state index in [1.165, 1.54) is 23.6 Å². The monoisotopic (exact) mass is 533 g/mol. The van der Waals surface area contributed by atoms with Gasteiger partial charge in [0.05, 0.1) is 12.5 Å². The van der Waals surface area contributed by atoms with Gasteiger partial charge < -0.3 is 15.2 Å². The van der Waals surface area contributed by atoms with Crippen molar-refractivity contribution >= 4 is 29.2 Å². The van der Waals surface area contributed by atoms with Crippen LogP contribution < -0.4 is 21.4 Å². The Labute approximate surface area is 220 Å². The van der Waals surface area contributed by atoms with Crippen LogP contribution in [0.4, 0.5) is 11.6 Å². The van der Waals surface area contributed by atoms with Crippen LogP contribution in [0.15, 0.2) is 70.3 Å². The molecule has 1 atom stereocenters. The third-order valence-electron chi connectivity index (χ3n) is 5.37. The van der Waals surface area contributed by atoms with Crippen molar-refractivity contribution in [1.82, 2.24) is 24.3 Å². The Morgan fingerprint density at radius 1 is 1.08 bits per heavy atom. The van der Waals surface area contributed by atoms with Crippen molar-refractivity contribution in [2.24, 2.45) is 5.92 Å². The van der Waals surface area contributed by atoms with E-state index in [9.17, 15) is 19.5 Å². The molecule has 0 aliphatic rings. The van der Waals surface area contributed by atoms with Gasteiger partial charge >= 0.3 is 17.3 Å². The summed E-state index contributed by atoms with van der Waals surface area (Å²) in [6.45, 7) is 1.12. The van der Waals surface area contributed by atoms with Gasteiger partial charge in [0.2, 0.25) is 11.8 Å². The van der Waals surface area contributed by atoms with Gasteiger partial charge in [-0.15, -0.1) is 10.2 Å². The normalized spacial score (nSPS) is 11.4. The van der Waals surface area contributed by atoms with Gasteiger partial charge in [0.25, 0.3) is 0 Å². The van der Waals surface area contributed by atoms with Crippen LogP contribution in [0.3, 0.4) is 0 Å². The first-order valence-corrected chi connectivity index (χ1v) is 11.6. The number of aromatic nitrogens is 5. The largest absolute Gasteiger partial charge is 0.481 e. The minimum absolute atomic E-state index is 0.0270. The lowest BCUT2D eigenvalue weighted by Crippen LogP contribution is -2.44. The number of benzene rings is 2. The molecule has 38 heavy (non-hydrogen) atoms. The van der Waals surface area contributed by atoms with Crippen LogP contribution in [0.1, 0.15) is 18.2 Å². The van der Waals surface area contributed by atoms with Crippen molar-refractivity contribution < 1.29 is 14.6 Å². The topological polar surface area (TPSA) is 165 Å². The number of hydrogen-bond donors (Lipinski definition) is 2. The van der Waals surface area contributed by atoms with Crippen LogP contribution in [0.5, 0.6) is 11.6 Å². The summed E-state index contributed by atoms with van der Waals surface area (Å²) in [6, 6.07) is 18.2. The maximum atomic E-state index is 13.3. The standard InChI is InChI=1S/C25H20ClN7O5/c1-15(22(34)35)13-33-24(36)29-23(32(25(33)37)14-16-2-4-17(26)5-3-16)28-18-6-9-20(10-7-18)38-21-11-8-19(12-27)30-31-21/h2-11,15H,13-14H2,1H3,(H,34,35)(H,28,29,36)/t15-/m0/s1. The van der Waals surface area contributed by atoms with Crippen LogP contribution in [0, 0.1) is 17.2 Å². The van der Waals surface area contributed by atoms with Gasteiger partial charge in [0.1, 0.15) is 11.8 Å². The summed E-state index contributed by atoms with van der Waals surface area (Å²) < 4.78 is 7.66. The quantitative estimate of drug-likeness (QED) is 0.326. The van der Waals surface area contributed by atoms with Gasteiger partial charge in [-0.3, -0.25) is 9.36 Å². The predicted octanol–water partition coefficient (Wildman–Crippen LogP) is 3.02. The lowest BCUT2D eigenvalue weighted by molar-refractivity contribution is -0.141. The van der Waals surface area contributed by atoms with Crippen LogP contribution in [0.25, 0.3) is 0 Å². The van der Waals surface area contributed by atoms with E-state index in [0.717, 1.165) is 4.57 Å². The molecule has 0 fully saturated rings. The first kappa shape index (κ1) is 26.1. The fourth-order valence-corrected chi connectivity index (χ4v) is 3.46. The zero-order valence-corrected chi connectivity index (χ0v) is 20.7. The fraction of sp³-hybridized carbons (Fsp3) is 0.160. The van der Waals surface area contributed by atoms with Crippen LogP contribution in [-0.4, -0.2) is 35.4 Å². The molecule has 4 aromatic rings. The van der Waals surface area contributed by atoms with Gasteiger partial charge in [0.15, 0.2) is 5.69 Å². The number of carbonyl (C=O) groups is 1. The summed E-state index contributed by atoms with van der Waals surface area (Å²) >= 11 is 5.97. The molecule has 0 amide bonds. The number of nitriles is 1. The number of nitrogens with one attached hydrogen (secondary N) is 1. The third kappa shape index (κ3) is 6.21. The van der Waals surface area contributed by atoms with Crippen molar-refractivity contribution in [3.05, 3.63) is 97.9 Å². The Bertz CT molecular complexity index is 1610. The first-order valence-electron chi connectivity index (χ1n) is 11.2. The smallest absolute Gasteiger partial charge is 0.354 e. The highest BCUT2D eigenvalue weighted by Gasteiger charge is 2.19. The number of rotatable bonds is 9. The zero-order chi connectivity index (χ0) is 27.2. The fourth-order valence-electron chi connectivity index (χ4n) is 3.34. The second-order valence-corrected chi connectivity index (χ2v) is 8.62. The SMILES string of the molecule is C[C@@H](Cn1c(=O)nc(Nc2ccc(Oc3ccc(C#N)nn3)cc2)n(Cc2ccc(Cl)cc2)c1=O)C(=O)O. The number of anilines is 2. The molecular formula is C25H20ClN7O5. The number of aliphatic carboxylic acids is 1. The van der Waals surface area contributed by atoms with Gasteiger partial charge in [-0.2, -0.15) is 10.2 Å². The molecule has 4 rings (SSSR count). The van der Waals surface area contributed by atoms with E-state index in [-0.39, 0.29) is 30.6 Å².